The van der Waals surface area contributed by atoms with Gasteiger partial charge in [0.2, 0.25) is 0 Å². The third kappa shape index (κ3) is 2.13. The van der Waals surface area contributed by atoms with Crippen molar-refractivity contribution in [1.82, 2.24) is 0 Å². The predicted molar refractivity (Wildman–Crippen MR) is 108 cm³/mol. The normalized spacial score (nSPS) is 50.4. The summed E-state index contributed by atoms with van der Waals surface area (Å²) in [6, 6.07) is 0. The monoisotopic (exact) mass is 416 g/mol. The Morgan fingerprint density at radius 3 is 2.23 bits per heavy atom. The minimum atomic E-state index is -1.46. The minimum absolute atomic E-state index is 0.0229. The lowest BCUT2D eigenvalue weighted by Crippen LogP contribution is -2.74. The van der Waals surface area contributed by atoms with Crippen molar-refractivity contribution in [1.29, 1.82) is 0 Å². The Morgan fingerprint density at radius 1 is 1.03 bits per heavy atom. The molecule has 3 aliphatic carbocycles. The molecule has 6 nitrogen and oxygen atoms in total. The Bertz CT molecular complexity index is 901. The average Bonchev–Trinajstić information content (AvgIpc) is 2.64. The topological polar surface area (TPSA) is 97.7 Å². The maximum atomic E-state index is 13.6. The van der Waals surface area contributed by atoms with Crippen molar-refractivity contribution in [3.8, 4) is 0 Å². The molecule has 0 bridgehead atoms. The van der Waals surface area contributed by atoms with Crippen molar-refractivity contribution in [2.24, 2.45) is 39.4 Å². The van der Waals surface area contributed by atoms with Gasteiger partial charge in [-0.05, 0) is 38.0 Å². The predicted octanol–water partition coefficient (Wildman–Crippen LogP) is 2.66. The molecule has 4 rings (SSSR count). The summed E-state index contributed by atoms with van der Waals surface area (Å²) in [6.45, 7) is 14.8. The molecule has 4 fully saturated rings. The number of allylic oxidation sites excluding steroid dienone is 1. The molecule has 1 N–H and O–H groups in total. The van der Waals surface area contributed by atoms with Crippen LogP contribution in [0.2, 0.25) is 0 Å². The second-order valence-electron chi connectivity index (χ2n) is 11.2. The highest BCUT2D eigenvalue weighted by molar-refractivity contribution is 6.02. The van der Waals surface area contributed by atoms with Crippen molar-refractivity contribution in [3.05, 3.63) is 12.2 Å². The van der Waals surface area contributed by atoms with E-state index in [1.54, 1.807) is 34.6 Å². The van der Waals surface area contributed by atoms with Crippen molar-refractivity contribution in [2.45, 2.75) is 73.0 Å². The lowest BCUT2D eigenvalue weighted by molar-refractivity contribution is -0.229. The Labute approximate surface area is 177 Å². The number of esters is 1. The third-order valence-corrected chi connectivity index (χ3v) is 9.47. The Morgan fingerprint density at radius 2 is 1.63 bits per heavy atom. The molecule has 0 spiro atoms. The van der Waals surface area contributed by atoms with Crippen LogP contribution in [0.15, 0.2) is 12.2 Å². The van der Waals surface area contributed by atoms with Gasteiger partial charge < -0.3 is 9.84 Å². The lowest BCUT2D eigenvalue weighted by atomic mass is 9.35. The van der Waals surface area contributed by atoms with Gasteiger partial charge in [0.15, 0.2) is 17.7 Å². The number of hydrogen-bond acceptors (Lipinski definition) is 6. The molecule has 0 aromatic carbocycles. The number of aliphatic hydroxyl groups excluding tert-OH is 1. The second-order valence-corrected chi connectivity index (χ2v) is 11.2. The summed E-state index contributed by atoms with van der Waals surface area (Å²) in [5.74, 6) is -3.09. The third-order valence-electron chi connectivity index (χ3n) is 9.47. The second kappa shape index (κ2) is 5.90. The molecular weight excluding hydrogens is 384 g/mol. The van der Waals surface area contributed by atoms with Crippen LogP contribution in [0.1, 0.15) is 60.8 Å². The molecule has 164 valence electrons. The molecule has 4 aliphatic rings. The van der Waals surface area contributed by atoms with Gasteiger partial charge in [-0.1, -0.05) is 39.8 Å². The number of carbonyl (C=O) groups excluding carboxylic acids is 4. The van der Waals surface area contributed by atoms with Gasteiger partial charge in [0.25, 0.3) is 0 Å². The van der Waals surface area contributed by atoms with E-state index in [4.69, 9.17) is 4.74 Å². The summed E-state index contributed by atoms with van der Waals surface area (Å²) in [6.07, 6.45) is -1.06. The minimum Gasteiger partial charge on any atom is -0.454 e. The summed E-state index contributed by atoms with van der Waals surface area (Å²) in [4.78, 5) is 52.7. The molecule has 1 heterocycles. The van der Waals surface area contributed by atoms with Gasteiger partial charge in [-0.3, -0.25) is 19.2 Å². The molecule has 1 aliphatic heterocycles. The first kappa shape index (κ1) is 21.4. The number of rotatable bonds is 0. The maximum absolute atomic E-state index is 13.6. The van der Waals surface area contributed by atoms with Crippen molar-refractivity contribution in [2.75, 3.05) is 0 Å². The Hall–Kier alpha value is -1.82. The van der Waals surface area contributed by atoms with E-state index in [0.717, 1.165) is 0 Å². The number of ketones is 3. The molecule has 0 aromatic heterocycles. The number of aliphatic hydroxyl groups is 1. The van der Waals surface area contributed by atoms with Crippen LogP contribution in [0.25, 0.3) is 0 Å². The van der Waals surface area contributed by atoms with E-state index in [1.165, 1.54) is 0 Å². The van der Waals surface area contributed by atoms with Gasteiger partial charge in [0, 0.05) is 23.2 Å². The quantitative estimate of drug-likeness (QED) is 0.482. The highest BCUT2D eigenvalue weighted by Gasteiger charge is 2.75. The first-order valence-electron chi connectivity index (χ1n) is 10.8. The maximum Gasteiger partial charge on any atom is 0.311 e. The zero-order valence-electron chi connectivity index (χ0n) is 18.7. The van der Waals surface area contributed by atoms with Gasteiger partial charge in [-0.15, -0.1) is 0 Å². The van der Waals surface area contributed by atoms with E-state index in [0.29, 0.717) is 24.8 Å². The van der Waals surface area contributed by atoms with Gasteiger partial charge in [0.1, 0.15) is 11.9 Å². The number of ether oxygens (including phenoxy) is 1. The summed E-state index contributed by atoms with van der Waals surface area (Å²) in [7, 11) is 0. The highest BCUT2D eigenvalue weighted by Crippen LogP contribution is 2.71. The summed E-state index contributed by atoms with van der Waals surface area (Å²) in [5.41, 5.74) is -3.21. The van der Waals surface area contributed by atoms with E-state index in [1.807, 2.05) is 6.92 Å². The van der Waals surface area contributed by atoms with Crippen LogP contribution in [0, 0.1) is 39.4 Å². The van der Waals surface area contributed by atoms with E-state index < -0.39 is 57.5 Å². The zero-order valence-corrected chi connectivity index (χ0v) is 18.7. The SMILES string of the molecule is C=C1C[C@H]2[C@]3(C)CCC(=O)C(C)(C)[C@H]3C(=O)[C@@H](O)[C@]2(C)[C@H]2C(=O)O[C@@H](C)C(=O)[C@]12C. The first-order valence-corrected chi connectivity index (χ1v) is 10.8. The van der Waals surface area contributed by atoms with Crippen molar-refractivity contribution < 1.29 is 29.0 Å². The average molecular weight is 417 g/mol. The number of fused-ring (bicyclic) bond motifs is 5. The standard InChI is InChI=1S/C24H32O6/c1-11-10-13-22(5)9-8-14(25)21(3,4)16(22)15(26)19(28)24(13,7)17-20(29)30-12(2)18(27)23(11,17)6/h12-13,16-17,19,28H,1,8-10H2,2-7H3/t12-,13-,16+,17-,19+,22-,23+,24-/m0/s1. The van der Waals surface area contributed by atoms with Gasteiger partial charge in [0.05, 0.1) is 11.3 Å². The van der Waals surface area contributed by atoms with Crippen LogP contribution < -0.4 is 0 Å². The molecule has 6 heteroatoms. The van der Waals surface area contributed by atoms with E-state index >= 15 is 0 Å². The number of cyclic esters (lactones) is 1. The molecule has 8 atom stereocenters. The van der Waals surface area contributed by atoms with Crippen LogP contribution in [0.5, 0.6) is 0 Å². The fraction of sp³-hybridized carbons (Fsp3) is 0.750. The first-order chi connectivity index (χ1) is 13.7. The summed E-state index contributed by atoms with van der Waals surface area (Å²) >= 11 is 0. The molecule has 0 amide bonds. The van der Waals surface area contributed by atoms with Gasteiger partial charge in [-0.2, -0.15) is 0 Å². The number of hydrogen-bond donors (Lipinski definition) is 1. The highest BCUT2D eigenvalue weighted by atomic mass is 16.5. The number of Topliss-reactive ketones (excluding diaryl/α,β-unsaturated/α-hetero) is 3. The van der Waals surface area contributed by atoms with E-state index in [-0.39, 0.29) is 17.5 Å². The Kier molecular flexibility index (Phi) is 4.21. The molecule has 3 saturated carbocycles. The van der Waals surface area contributed by atoms with Crippen LogP contribution >= 0.6 is 0 Å². The van der Waals surface area contributed by atoms with Crippen LogP contribution in [-0.4, -0.2) is 40.6 Å². The van der Waals surface area contributed by atoms with Gasteiger partial charge >= 0.3 is 5.97 Å². The van der Waals surface area contributed by atoms with E-state index in [2.05, 4.69) is 6.58 Å². The summed E-state index contributed by atoms with van der Waals surface area (Å²) in [5, 5.41) is 11.4. The largest absolute Gasteiger partial charge is 0.454 e. The van der Waals surface area contributed by atoms with Crippen molar-refractivity contribution >= 4 is 23.3 Å². The van der Waals surface area contributed by atoms with Crippen LogP contribution in [0.3, 0.4) is 0 Å². The lowest BCUT2D eigenvalue weighted by Gasteiger charge is -2.68. The molecule has 30 heavy (non-hydrogen) atoms. The summed E-state index contributed by atoms with van der Waals surface area (Å²) < 4.78 is 5.40. The Balaban J connectivity index is 1.95. The van der Waals surface area contributed by atoms with Crippen LogP contribution in [0.4, 0.5) is 0 Å². The van der Waals surface area contributed by atoms with Gasteiger partial charge in [-0.25, -0.2) is 0 Å². The molecule has 0 unspecified atom stereocenters. The van der Waals surface area contributed by atoms with Crippen LogP contribution in [-0.2, 0) is 23.9 Å². The smallest absolute Gasteiger partial charge is 0.311 e. The molecule has 0 aromatic rings. The van der Waals surface area contributed by atoms with Crippen molar-refractivity contribution in [3.63, 3.8) is 0 Å². The fourth-order valence-electron chi connectivity index (χ4n) is 7.88. The molecule has 1 saturated heterocycles. The van der Waals surface area contributed by atoms with E-state index in [9.17, 15) is 24.3 Å². The zero-order chi connectivity index (χ0) is 22.6. The molecular formula is C24H32O6. The number of carbonyl (C=O) groups is 4. The molecule has 0 radical (unpaired) electrons. The fourth-order valence-corrected chi connectivity index (χ4v) is 7.88.